The number of ketones is 1. The van der Waals surface area contributed by atoms with Gasteiger partial charge in [0.15, 0.2) is 5.78 Å². The second kappa shape index (κ2) is 7.99. The molecule has 2 aromatic rings. The number of hydrogen-bond donors (Lipinski definition) is 1. The van der Waals surface area contributed by atoms with E-state index in [2.05, 4.69) is 20.2 Å². The van der Waals surface area contributed by atoms with E-state index in [9.17, 15) is 4.79 Å². The minimum Gasteiger partial charge on any atom is -0.379 e. The van der Waals surface area contributed by atoms with E-state index in [1.165, 1.54) is 0 Å². The summed E-state index contributed by atoms with van der Waals surface area (Å²) in [6.45, 7) is 6.93. The van der Waals surface area contributed by atoms with Crippen molar-refractivity contribution >= 4 is 11.6 Å². The van der Waals surface area contributed by atoms with Gasteiger partial charge < -0.3 is 10.1 Å². The summed E-state index contributed by atoms with van der Waals surface area (Å²) >= 11 is 0. The lowest BCUT2D eigenvalue weighted by atomic mass is 10.1. The van der Waals surface area contributed by atoms with Crippen molar-refractivity contribution in [3.05, 3.63) is 42.2 Å². The summed E-state index contributed by atoms with van der Waals surface area (Å²) in [6, 6.07) is 9.42. The number of ether oxygens (including phenoxy) is 1. The molecule has 0 atom stereocenters. The van der Waals surface area contributed by atoms with Crippen LogP contribution in [0.1, 0.15) is 17.3 Å². The Morgan fingerprint density at radius 3 is 2.88 bits per heavy atom. The van der Waals surface area contributed by atoms with Crippen LogP contribution in [0.5, 0.6) is 0 Å². The van der Waals surface area contributed by atoms with E-state index in [0.717, 1.165) is 56.5 Å². The van der Waals surface area contributed by atoms with Gasteiger partial charge in [-0.15, -0.1) is 0 Å². The highest BCUT2D eigenvalue weighted by Crippen LogP contribution is 2.20. The zero-order valence-corrected chi connectivity index (χ0v) is 13.9. The number of rotatable bonds is 6. The van der Waals surface area contributed by atoms with Crippen LogP contribution in [0.2, 0.25) is 0 Å². The van der Waals surface area contributed by atoms with Gasteiger partial charge in [-0.1, -0.05) is 18.2 Å². The summed E-state index contributed by atoms with van der Waals surface area (Å²) in [4.78, 5) is 22.5. The maximum atomic E-state index is 11.5. The van der Waals surface area contributed by atoms with E-state index < -0.39 is 0 Å². The lowest BCUT2D eigenvalue weighted by Crippen LogP contribution is -2.39. The Morgan fingerprint density at radius 1 is 1.25 bits per heavy atom. The number of carbonyl (C=O) groups is 1. The Bertz CT molecular complexity index is 699. The molecule has 24 heavy (non-hydrogen) atoms. The molecule has 0 radical (unpaired) electrons. The minimum absolute atomic E-state index is 0.0507. The molecule has 0 aliphatic carbocycles. The Labute approximate surface area is 141 Å². The van der Waals surface area contributed by atoms with Crippen molar-refractivity contribution < 1.29 is 9.53 Å². The third kappa shape index (κ3) is 4.37. The molecule has 0 unspecified atom stereocenters. The number of nitrogens with zero attached hydrogens (tertiary/aromatic N) is 3. The van der Waals surface area contributed by atoms with E-state index in [1.54, 1.807) is 13.3 Å². The van der Waals surface area contributed by atoms with Crippen molar-refractivity contribution in [2.75, 3.05) is 44.7 Å². The maximum Gasteiger partial charge on any atom is 0.159 e. The first kappa shape index (κ1) is 16.5. The number of nitrogens with one attached hydrogen (secondary N) is 1. The van der Waals surface area contributed by atoms with E-state index >= 15 is 0 Å². The third-order valence-electron chi connectivity index (χ3n) is 4.07. The molecule has 1 aromatic carbocycles. The fourth-order valence-electron chi connectivity index (χ4n) is 2.68. The molecule has 0 bridgehead atoms. The Balaban J connectivity index is 1.63. The third-order valence-corrected chi connectivity index (χ3v) is 4.07. The zero-order valence-electron chi connectivity index (χ0n) is 13.9. The Kier molecular flexibility index (Phi) is 5.51. The van der Waals surface area contributed by atoms with Crippen LogP contribution in [0, 0.1) is 0 Å². The van der Waals surface area contributed by atoms with Gasteiger partial charge in [0.1, 0.15) is 12.1 Å². The summed E-state index contributed by atoms with van der Waals surface area (Å²) in [7, 11) is 0. The predicted octanol–water partition coefficient (Wildman–Crippen LogP) is 2.09. The fourth-order valence-corrected chi connectivity index (χ4v) is 2.68. The molecule has 1 saturated heterocycles. The Hall–Kier alpha value is -2.31. The quantitative estimate of drug-likeness (QED) is 0.820. The van der Waals surface area contributed by atoms with Crippen LogP contribution in [0.25, 0.3) is 11.3 Å². The van der Waals surface area contributed by atoms with Gasteiger partial charge in [0, 0.05) is 43.4 Å². The molecule has 0 amide bonds. The number of aromatic nitrogens is 2. The van der Waals surface area contributed by atoms with Gasteiger partial charge in [0.05, 0.1) is 18.9 Å². The van der Waals surface area contributed by atoms with E-state index in [-0.39, 0.29) is 5.78 Å². The molecule has 6 nitrogen and oxygen atoms in total. The van der Waals surface area contributed by atoms with Crippen molar-refractivity contribution in [3.8, 4) is 11.3 Å². The second-order valence-electron chi connectivity index (χ2n) is 5.81. The van der Waals surface area contributed by atoms with Crippen LogP contribution in [0.4, 0.5) is 5.82 Å². The number of hydrogen-bond acceptors (Lipinski definition) is 6. The number of carbonyl (C=O) groups excluding carboxylic acids is 1. The topological polar surface area (TPSA) is 67.4 Å². The van der Waals surface area contributed by atoms with E-state index in [4.69, 9.17) is 4.74 Å². The smallest absolute Gasteiger partial charge is 0.159 e. The van der Waals surface area contributed by atoms with Gasteiger partial charge in [-0.3, -0.25) is 9.69 Å². The van der Waals surface area contributed by atoms with E-state index in [1.807, 2.05) is 30.3 Å². The molecule has 1 N–H and O–H groups in total. The molecule has 0 spiro atoms. The van der Waals surface area contributed by atoms with E-state index in [0.29, 0.717) is 5.56 Å². The highest BCUT2D eigenvalue weighted by Gasteiger charge is 2.10. The van der Waals surface area contributed by atoms with Gasteiger partial charge in [0.2, 0.25) is 0 Å². The molecule has 6 heteroatoms. The minimum atomic E-state index is 0.0507. The SMILES string of the molecule is CC(=O)c1cccc(-c2cc(NCCN3CCOCC3)ncn2)c1. The average Bonchev–Trinajstić information content (AvgIpc) is 2.63. The summed E-state index contributed by atoms with van der Waals surface area (Å²) in [5.74, 6) is 0.844. The monoisotopic (exact) mass is 326 g/mol. The second-order valence-corrected chi connectivity index (χ2v) is 5.81. The molecular weight excluding hydrogens is 304 g/mol. The van der Waals surface area contributed by atoms with Gasteiger partial charge in [-0.05, 0) is 13.0 Å². The van der Waals surface area contributed by atoms with Gasteiger partial charge in [0.25, 0.3) is 0 Å². The lowest BCUT2D eigenvalue weighted by Gasteiger charge is -2.26. The normalized spacial score (nSPS) is 15.2. The number of morpholine rings is 1. The summed E-state index contributed by atoms with van der Waals surface area (Å²) in [5.41, 5.74) is 2.41. The first-order valence-electron chi connectivity index (χ1n) is 8.20. The fraction of sp³-hybridized carbons (Fsp3) is 0.389. The molecular formula is C18H22N4O2. The van der Waals surface area contributed by atoms with Crippen molar-refractivity contribution in [3.63, 3.8) is 0 Å². The predicted molar refractivity (Wildman–Crippen MR) is 93.2 cm³/mol. The first-order valence-corrected chi connectivity index (χ1v) is 8.20. The van der Waals surface area contributed by atoms with Crippen LogP contribution in [0.15, 0.2) is 36.7 Å². The standard InChI is InChI=1S/C18H22N4O2/c1-14(23)15-3-2-4-16(11-15)17-12-18(21-13-20-17)19-5-6-22-7-9-24-10-8-22/h2-4,11-13H,5-10H2,1H3,(H,19,20,21). The number of benzene rings is 1. The molecule has 1 aliphatic heterocycles. The maximum absolute atomic E-state index is 11.5. The Morgan fingerprint density at radius 2 is 2.08 bits per heavy atom. The van der Waals surface area contributed by atoms with Gasteiger partial charge >= 0.3 is 0 Å². The van der Waals surface area contributed by atoms with Crippen LogP contribution in [0.3, 0.4) is 0 Å². The molecule has 3 rings (SSSR count). The summed E-state index contributed by atoms with van der Waals surface area (Å²) < 4.78 is 5.35. The molecule has 1 aromatic heterocycles. The highest BCUT2D eigenvalue weighted by atomic mass is 16.5. The van der Waals surface area contributed by atoms with Crippen molar-refractivity contribution in [2.45, 2.75) is 6.92 Å². The highest BCUT2D eigenvalue weighted by molar-refractivity contribution is 5.95. The first-order chi connectivity index (χ1) is 11.7. The van der Waals surface area contributed by atoms with Crippen LogP contribution < -0.4 is 5.32 Å². The largest absolute Gasteiger partial charge is 0.379 e. The van der Waals surface area contributed by atoms with Crippen LogP contribution in [-0.4, -0.2) is 60.0 Å². The van der Waals surface area contributed by atoms with Gasteiger partial charge in [-0.2, -0.15) is 0 Å². The molecule has 126 valence electrons. The summed E-state index contributed by atoms with van der Waals surface area (Å²) in [6.07, 6.45) is 1.55. The number of anilines is 1. The van der Waals surface area contributed by atoms with Crippen LogP contribution in [-0.2, 0) is 4.74 Å². The van der Waals surface area contributed by atoms with Gasteiger partial charge in [-0.25, -0.2) is 9.97 Å². The van der Waals surface area contributed by atoms with Crippen molar-refractivity contribution in [1.29, 1.82) is 0 Å². The molecule has 0 saturated carbocycles. The van der Waals surface area contributed by atoms with Crippen molar-refractivity contribution in [2.24, 2.45) is 0 Å². The lowest BCUT2D eigenvalue weighted by molar-refractivity contribution is 0.0398. The molecule has 2 heterocycles. The summed E-state index contributed by atoms with van der Waals surface area (Å²) in [5, 5.41) is 3.34. The molecule has 1 aliphatic rings. The van der Waals surface area contributed by atoms with Crippen LogP contribution >= 0.6 is 0 Å². The average molecular weight is 326 g/mol. The number of Topliss-reactive ketones (excluding diaryl/α,β-unsaturated/α-hetero) is 1. The van der Waals surface area contributed by atoms with Crippen molar-refractivity contribution in [1.82, 2.24) is 14.9 Å². The zero-order chi connectivity index (χ0) is 16.8. The molecule has 1 fully saturated rings.